The van der Waals surface area contributed by atoms with E-state index in [0.29, 0.717) is 24.2 Å². The normalized spacial score (nSPS) is 11.1. The minimum Gasteiger partial charge on any atom is -0.345 e. The molecule has 1 rings (SSSR count). The van der Waals surface area contributed by atoms with Crippen molar-refractivity contribution in [2.75, 3.05) is 26.0 Å². The molecule has 0 radical (unpaired) electrons. The Morgan fingerprint density at radius 2 is 1.86 bits per heavy atom. The van der Waals surface area contributed by atoms with E-state index in [9.17, 15) is 9.59 Å². The monoisotopic (exact) mass is 291 g/mol. The van der Waals surface area contributed by atoms with E-state index in [-0.39, 0.29) is 17.4 Å². The zero-order valence-corrected chi connectivity index (χ0v) is 13.5. The van der Waals surface area contributed by atoms with E-state index in [1.165, 1.54) is 4.90 Å². The molecule has 5 nitrogen and oxygen atoms in total. The molecule has 0 spiro atoms. The van der Waals surface area contributed by atoms with Crippen LogP contribution in [-0.4, -0.2) is 42.9 Å². The summed E-state index contributed by atoms with van der Waals surface area (Å²) in [6, 6.07) is 6.97. The van der Waals surface area contributed by atoms with Crippen LogP contribution in [0.4, 0.5) is 5.69 Å². The van der Waals surface area contributed by atoms with Crippen molar-refractivity contribution in [3.05, 3.63) is 29.8 Å². The predicted octanol–water partition coefficient (Wildman–Crippen LogP) is 2.11. The third kappa shape index (κ3) is 6.40. The summed E-state index contributed by atoms with van der Waals surface area (Å²) in [5.74, 6) is -0.151. The highest BCUT2D eigenvalue weighted by Crippen LogP contribution is 2.12. The van der Waals surface area contributed by atoms with Crippen LogP contribution < -0.4 is 10.6 Å². The minimum atomic E-state index is -0.0829. The highest BCUT2D eigenvalue weighted by Gasteiger charge is 2.11. The molecule has 0 bridgehead atoms. The molecule has 0 aliphatic heterocycles. The molecular weight excluding hydrogens is 266 g/mol. The van der Waals surface area contributed by atoms with E-state index >= 15 is 0 Å². The van der Waals surface area contributed by atoms with Gasteiger partial charge in [0.1, 0.15) is 0 Å². The number of anilines is 1. The van der Waals surface area contributed by atoms with Crippen LogP contribution >= 0.6 is 0 Å². The zero-order valence-electron chi connectivity index (χ0n) is 13.5. The van der Waals surface area contributed by atoms with Gasteiger partial charge >= 0.3 is 0 Å². The number of carbonyl (C=O) groups excluding carboxylic acids is 2. The number of nitrogens with zero attached hydrogens (tertiary/aromatic N) is 1. The van der Waals surface area contributed by atoms with Gasteiger partial charge in [0, 0.05) is 43.9 Å². The second-order valence-corrected chi connectivity index (χ2v) is 6.26. The first-order valence-electron chi connectivity index (χ1n) is 7.05. The van der Waals surface area contributed by atoms with Crippen molar-refractivity contribution in [1.29, 1.82) is 0 Å². The molecule has 21 heavy (non-hydrogen) atoms. The Morgan fingerprint density at radius 3 is 2.43 bits per heavy atom. The van der Waals surface area contributed by atoms with E-state index in [4.69, 9.17) is 0 Å². The van der Waals surface area contributed by atoms with Crippen molar-refractivity contribution in [3.63, 3.8) is 0 Å². The van der Waals surface area contributed by atoms with Crippen molar-refractivity contribution in [2.45, 2.75) is 32.7 Å². The first-order valence-corrected chi connectivity index (χ1v) is 7.05. The first-order chi connectivity index (χ1) is 9.69. The maximum absolute atomic E-state index is 11.9. The van der Waals surface area contributed by atoms with Crippen LogP contribution in [0.5, 0.6) is 0 Å². The number of amides is 2. The molecule has 2 amide bonds. The number of hydrogen-bond donors (Lipinski definition) is 2. The molecule has 0 aliphatic rings. The maximum atomic E-state index is 11.9. The van der Waals surface area contributed by atoms with Crippen LogP contribution in [0, 0.1) is 0 Å². The topological polar surface area (TPSA) is 61.4 Å². The van der Waals surface area contributed by atoms with Crippen LogP contribution in [0.2, 0.25) is 0 Å². The molecule has 0 heterocycles. The van der Waals surface area contributed by atoms with Crippen molar-refractivity contribution in [1.82, 2.24) is 10.2 Å². The molecule has 5 heteroatoms. The van der Waals surface area contributed by atoms with Crippen molar-refractivity contribution >= 4 is 17.5 Å². The van der Waals surface area contributed by atoms with Crippen molar-refractivity contribution in [3.8, 4) is 0 Å². The van der Waals surface area contributed by atoms with Gasteiger partial charge in [-0.1, -0.05) is 6.07 Å². The fourth-order valence-corrected chi connectivity index (χ4v) is 1.76. The maximum Gasteiger partial charge on any atom is 0.253 e. The lowest BCUT2D eigenvalue weighted by Crippen LogP contribution is -2.37. The summed E-state index contributed by atoms with van der Waals surface area (Å²) < 4.78 is 0. The molecule has 0 aromatic heterocycles. The molecule has 116 valence electrons. The quantitative estimate of drug-likeness (QED) is 0.873. The average molecular weight is 291 g/mol. The molecule has 0 unspecified atom stereocenters. The van der Waals surface area contributed by atoms with Crippen molar-refractivity contribution < 1.29 is 9.59 Å². The molecule has 0 saturated heterocycles. The summed E-state index contributed by atoms with van der Waals surface area (Å²) in [4.78, 5) is 25.2. The summed E-state index contributed by atoms with van der Waals surface area (Å²) >= 11 is 0. The number of nitrogens with one attached hydrogen (secondary N) is 2. The Morgan fingerprint density at radius 1 is 1.19 bits per heavy atom. The van der Waals surface area contributed by atoms with Crippen LogP contribution in [0.1, 0.15) is 37.6 Å². The van der Waals surface area contributed by atoms with Gasteiger partial charge in [-0.2, -0.15) is 0 Å². The minimum absolute atomic E-state index is 0.00166. The van der Waals surface area contributed by atoms with E-state index in [1.807, 2.05) is 0 Å². The fraction of sp³-hybridized carbons (Fsp3) is 0.500. The first kappa shape index (κ1) is 17.2. The van der Waals surface area contributed by atoms with Gasteiger partial charge in [0.25, 0.3) is 5.91 Å². The van der Waals surface area contributed by atoms with Crippen molar-refractivity contribution in [2.24, 2.45) is 0 Å². The van der Waals surface area contributed by atoms with E-state index < -0.39 is 0 Å². The van der Waals surface area contributed by atoms with Gasteiger partial charge in [0.05, 0.1) is 0 Å². The summed E-state index contributed by atoms with van der Waals surface area (Å²) in [6.07, 6.45) is 0.392. The average Bonchev–Trinajstić information content (AvgIpc) is 2.36. The number of rotatable bonds is 5. The van der Waals surface area contributed by atoms with Gasteiger partial charge in [-0.15, -0.1) is 0 Å². The Bertz CT molecular complexity index is 504. The summed E-state index contributed by atoms with van der Waals surface area (Å²) in [7, 11) is 3.40. The van der Waals surface area contributed by atoms with Gasteiger partial charge in [-0.25, -0.2) is 0 Å². The largest absolute Gasteiger partial charge is 0.345 e. The summed E-state index contributed by atoms with van der Waals surface area (Å²) in [6.45, 7) is 6.79. The van der Waals surface area contributed by atoms with Gasteiger partial charge < -0.3 is 15.5 Å². The highest BCUT2D eigenvalue weighted by atomic mass is 16.2. The SMILES string of the molecule is CN(C)C(=O)c1cccc(NC(=O)CCNC(C)(C)C)c1. The molecule has 0 saturated carbocycles. The molecule has 2 N–H and O–H groups in total. The van der Waals surface area contributed by atoms with Gasteiger partial charge in [-0.05, 0) is 39.0 Å². The zero-order chi connectivity index (χ0) is 16.0. The van der Waals surface area contributed by atoms with Gasteiger partial charge in [0.2, 0.25) is 5.91 Å². The second kappa shape index (κ2) is 7.22. The third-order valence-electron chi connectivity index (χ3n) is 2.81. The number of carbonyl (C=O) groups is 2. The lowest BCUT2D eigenvalue weighted by molar-refractivity contribution is -0.116. The van der Waals surface area contributed by atoms with Crippen LogP contribution in [0.25, 0.3) is 0 Å². The molecular formula is C16H25N3O2. The molecule has 1 aromatic rings. The molecule has 0 atom stereocenters. The Kier molecular flexibility index (Phi) is 5.90. The van der Waals surface area contributed by atoms with Gasteiger partial charge in [-0.3, -0.25) is 9.59 Å². The Hall–Kier alpha value is -1.88. The molecule has 0 fully saturated rings. The number of benzene rings is 1. The third-order valence-corrected chi connectivity index (χ3v) is 2.81. The smallest absolute Gasteiger partial charge is 0.253 e. The van der Waals surface area contributed by atoms with E-state index in [0.717, 1.165) is 0 Å². The Balaban J connectivity index is 2.57. The van der Waals surface area contributed by atoms with Crippen LogP contribution in [-0.2, 0) is 4.79 Å². The lowest BCUT2D eigenvalue weighted by atomic mass is 10.1. The highest BCUT2D eigenvalue weighted by molar-refractivity contribution is 5.97. The van der Waals surface area contributed by atoms with Crippen LogP contribution in [0.3, 0.4) is 0 Å². The molecule has 0 aliphatic carbocycles. The second-order valence-electron chi connectivity index (χ2n) is 6.26. The number of hydrogen-bond acceptors (Lipinski definition) is 3. The molecule has 1 aromatic carbocycles. The lowest BCUT2D eigenvalue weighted by Gasteiger charge is -2.20. The summed E-state index contributed by atoms with van der Waals surface area (Å²) in [5, 5.41) is 6.07. The Labute approximate surface area is 126 Å². The van der Waals surface area contributed by atoms with Gasteiger partial charge in [0.15, 0.2) is 0 Å². The predicted molar refractivity (Wildman–Crippen MR) is 85.5 cm³/mol. The van der Waals surface area contributed by atoms with Crippen LogP contribution in [0.15, 0.2) is 24.3 Å². The fourth-order valence-electron chi connectivity index (χ4n) is 1.76. The van der Waals surface area contributed by atoms with E-state index in [2.05, 4.69) is 31.4 Å². The summed E-state index contributed by atoms with van der Waals surface area (Å²) in [5.41, 5.74) is 1.20. The van der Waals surface area contributed by atoms with E-state index in [1.54, 1.807) is 38.4 Å². The standard InChI is InChI=1S/C16H25N3O2/c1-16(2,3)17-10-9-14(20)18-13-8-6-7-12(11-13)15(21)19(4)5/h6-8,11,17H,9-10H2,1-5H3,(H,18,20).